The van der Waals surface area contributed by atoms with Gasteiger partial charge in [-0.05, 0) is 53.3 Å². The number of amides is 1. The molecule has 0 saturated carbocycles. The van der Waals surface area contributed by atoms with Gasteiger partial charge < -0.3 is 9.45 Å². The maximum absolute atomic E-state index is 13.1. The number of aliphatic imine (C=N–C) groups is 1. The Hall–Kier alpha value is -2.38. The third-order valence-corrected chi connectivity index (χ3v) is 6.38. The van der Waals surface area contributed by atoms with Crippen molar-refractivity contribution < 1.29 is 13.7 Å². The number of hydrogen-bond acceptors (Lipinski definition) is 3. The van der Waals surface area contributed by atoms with Gasteiger partial charge in [0.1, 0.15) is 5.82 Å². The fourth-order valence-corrected chi connectivity index (χ4v) is 4.75. The molecule has 2 aromatic rings. The highest BCUT2D eigenvalue weighted by atomic mass is 32.3. The van der Waals surface area contributed by atoms with Crippen LogP contribution in [0.5, 0.6) is 0 Å². The molecule has 7 heteroatoms. The lowest BCUT2D eigenvalue weighted by Gasteiger charge is -2.29. The molecule has 0 aromatic heterocycles. The first kappa shape index (κ1) is 17.4. The van der Waals surface area contributed by atoms with Crippen LogP contribution in [0.1, 0.15) is 22.8 Å². The average Bonchev–Trinajstić information content (AvgIpc) is 2.85. The Bertz CT molecular complexity index is 826. The number of fused-ring (bicyclic) bond motifs is 1. The van der Waals surface area contributed by atoms with Crippen molar-refractivity contribution in [1.82, 2.24) is 9.62 Å². The summed E-state index contributed by atoms with van der Waals surface area (Å²) in [5.74, 6) is -0.399. The molecule has 1 atom stereocenters. The monoisotopic (exact) mass is 361 g/mol. The molecule has 132 valence electrons. The molecular weight excluding hydrogens is 341 g/mol. The van der Waals surface area contributed by atoms with Crippen LogP contribution in [0.4, 0.5) is 10.1 Å². The van der Waals surface area contributed by atoms with Crippen LogP contribution in [0, 0.1) is 5.82 Å². The topological polar surface area (TPSA) is 64.9 Å². The number of carbonyl (C=O) groups excluding carboxylic acids is 1. The van der Waals surface area contributed by atoms with Crippen molar-refractivity contribution in [3.05, 3.63) is 59.4 Å². The fourth-order valence-electron chi connectivity index (χ4n) is 2.52. The van der Waals surface area contributed by atoms with E-state index in [1.165, 1.54) is 12.1 Å². The van der Waals surface area contributed by atoms with Gasteiger partial charge in [-0.15, -0.1) is 0 Å². The van der Waals surface area contributed by atoms with Gasteiger partial charge in [0.2, 0.25) is 0 Å². The number of halogens is 1. The molecule has 0 bridgehead atoms. The molecule has 0 spiro atoms. The van der Waals surface area contributed by atoms with E-state index in [-0.39, 0.29) is 17.5 Å². The van der Waals surface area contributed by atoms with Crippen LogP contribution in [0.25, 0.3) is 0 Å². The molecule has 0 fully saturated rings. The molecule has 0 saturated heterocycles. The van der Waals surface area contributed by atoms with Crippen molar-refractivity contribution in [1.29, 1.82) is 0 Å². The van der Waals surface area contributed by atoms with Crippen molar-refractivity contribution in [3.63, 3.8) is 0 Å². The molecule has 1 aliphatic rings. The summed E-state index contributed by atoms with van der Waals surface area (Å²) in [4.78, 5) is 19.1. The molecule has 25 heavy (non-hydrogen) atoms. The minimum absolute atomic E-state index is 0.243. The number of rotatable bonds is 5. The summed E-state index contributed by atoms with van der Waals surface area (Å²) in [5.41, 5.74) is 1.85. The van der Waals surface area contributed by atoms with Crippen LogP contribution in [0.2, 0.25) is 0 Å². The van der Waals surface area contributed by atoms with E-state index < -0.39 is 10.5 Å². The third kappa shape index (κ3) is 3.67. The third-order valence-electron chi connectivity index (χ3n) is 4.02. The first-order valence-electron chi connectivity index (χ1n) is 7.90. The largest absolute Gasteiger partial charge is 0.366 e. The van der Waals surface area contributed by atoms with Gasteiger partial charge in [-0.1, -0.05) is 12.1 Å². The van der Waals surface area contributed by atoms with Gasteiger partial charge in [-0.25, -0.2) is 9.38 Å². The molecule has 1 unspecified atom stereocenters. The number of benzene rings is 2. The van der Waals surface area contributed by atoms with E-state index in [9.17, 15) is 13.7 Å². The van der Waals surface area contributed by atoms with Gasteiger partial charge in [-0.3, -0.25) is 9.52 Å². The highest BCUT2D eigenvalue weighted by molar-refractivity contribution is 8.27. The second-order valence-electron chi connectivity index (χ2n) is 5.90. The lowest BCUT2D eigenvalue weighted by molar-refractivity contribution is 0.0985. The first-order valence-corrected chi connectivity index (χ1v) is 9.66. The Morgan fingerprint density at radius 3 is 2.68 bits per heavy atom. The number of nitrogens with zero attached hydrogens (tertiary/aromatic N) is 2. The fraction of sp³-hybridized carbons (Fsp3) is 0.222. The molecule has 1 aliphatic heterocycles. The predicted octanol–water partition coefficient (Wildman–Crippen LogP) is 3.93. The van der Waals surface area contributed by atoms with Crippen LogP contribution < -0.4 is 4.72 Å². The van der Waals surface area contributed by atoms with E-state index in [0.29, 0.717) is 16.1 Å². The van der Waals surface area contributed by atoms with E-state index >= 15 is 0 Å². The van der Waals surface area contributed by atoms with E-state index in [2.05, 4.69) is 9.71 Å². The SMILES string of the molecule is CCN(C)C=Nc1ccc2c(c1)C(=O)NS2(O)Cc1ccc(F)cc1. The minimum atomic E-state index is -2.52. The van der Waals surface area contributed by atoms with E-state index in [0.717, 1.165) is 12.1 Å². The second-order valence-corrected chi connectivity index (χ2v) is 8.24. The summed E-state index contributed by atoms with van der Waals surface area (Å²) in [6.45, 7) is 2.84. The summed E-state index contributed by atoms with van der Waals surface area (Å²) >= 11 is 0. The van der Waals surface area contributed by atoms with Crippen molar-refractivity contribution >= 4 is 28.4 Å². The van der Waals surface area contributed by atoms with Gasteiger partial charge >= 0.3 is 0 Å². The molecular formula is C18H20FN3O2S. The standard InChI is InChI=1S/C18H20FN3O2S/c1-3-22(2)12-20-15-8-9-17-16(10-15)18(23)21-25(17,24)11-13-4-6-14(19)7-5-13/h4-10,12,24H,3,11H2,1-2H3,(H,21,23). The Morgan fingerprint density at radius 1 is 1.28 bits per heavy atom. The highest BCUT2D eigenvalue weighted by Crippen LogP contribution is 2.56. The zero-order valence-electron chi connectivity index (χ0n) is 14.1. The second kappa shape index (κ2) is 6.85. The van der Waals surface area contributed by atoms with Crippen LogP contribution >= 0.6 is 10.5 Å². The molecule has 1 heterocycles. The Kier molecular flexibility index (Phi) is 4.78. The lowest BCUT2D eigenvalue weighted by Crippen LogP contribution is -2.20. The average molecular weight is 361 g/mol. The zero-order valence-corrected chi connectivity index (χ0v) is 14.9. The van der Waals surface area contributed by atoms with Gasteiger partial charge in [0.05, 0.1) is 17.6 Å². The molecule has 3 rings (SSSR count). The Balaban J connectivity index is 1.88. The molecule has 2 aromatic carbocycles. The quantitative estimate of drug-likeness (QED) is 0.626. The van der Waals surface area contributed by atoms with Crippen molar-refractivity contribution in [3.8, 4) is 0 Å². The van der Waals surface area contributed by atoms with E-state index in [1.54, 1.807) is 36.7 Å². The maximum atomic E-state index is 13.1. The van der Waals surface area contributed by atoms with E-state index in [4.69, 9.17) is 0 Å². The molecule has 0 aliphatic carbocycles. The number of carbonyl (C=O) groups is 1. The van der Waals surface area contributed by atoms with E-state index in [1.807, 2.05) is 18.9 Å². The Labute approximate surface area is 147 Å². The summed E-state index contributed by atoms with van der Waals surface area (Å²) in [7, 11) is -0.603. The summed E-state index contributed by atoms with van der Waals surface area (Å²) < 4.78 is 26.8. The summed E-state index contributed by atoms with van der Waals surface area (Å²) in [6.07, 6.45) is 1.70. The normalized spacial score (nSPS) is 21.7. The van der Waals surface area contributed by atoms with Gasteiger partial charge in [0, 0.05) is 24.2 Å². The molecule has 1 amide bonds. The number of hydrogen-bond donors (Lipinski definition) is 2. The lowest BCUT2D eigenvalue weighted by atomic mass is 10.2. The van der Waals surface area contributed by atoms with Crippen LogP contribution in [-0.2, 0) is 5.75 Å². The summed E-state index contributed by atoms with van der Waals surface area (Å²) in [5, 5.41) is 0. The molecule has 0 radical (unpaired) electrons. The van der Waals surface area contributed by atoms with Crippen molar-refractivity contribution in [2.45, 2.75) is 17.6 Å². The van der Waals surface area contributed by atoms with Gasteiger partial charge in [-0.2, -0.15) is 0 Å². The van der Waals surface area contributed by atoms with Crippen molar-refractivity contribution in [2.75, 3.05) is 13.6 Å². The van der Waals surface area contributed by atoms with Crippen LogP contribution in [-0.4, -0.2) is 35.3 Å². The van der Waals surface area contributed by atoms with Gasteiger partial charge in [0.25, 0.3) is 5.91 Å². The highest BCUT2D eigenvalue weighted by Gasteiger charge is 2.37. The van der Waals surface area contributed by atoms with Gasteiger partial charge in [0.15, 0.2) is 0 Å². The predicted molar refractivity (Wildman–Crippen MR) is 99.0 cm³/mol. The smallest absolute Gasteiger partial charge is 0.262 e. The molecule has 2 N–H and O–H groups in total. The van der Waals surface area contributed by atoms with Crippen LogP contribution in [0.15, 0.2) is 52.4 Å². The minimum Gasteiger partial charge on any atom is -0.366 e. The molecule has 5 nitrogen and oxygen atoms in total. The Morgan fingerprint density at radius 2 is 2.00 bits per heavy atom. The number of nitrogens with one attached hydrogen (secondary N) is 1. The maximum Gasteiger partial charge on any atom is 0.262 e. The zero-order chi connectivity index (χ0) is 18.0. The van der Waals surface area contributed by atoms with Crippen molar-refractivity contribution in [2.24, 2.45) is 4.99 Å². The van der Waals surface area contributed by atoms with Crippen LogP contribution in [0.3, 0.4) is 0 Å². The summed E-state index contributed by atoms with van der Waals surface area (Å²) in [6, 6.07) is 11.1. The first-order chi connectivity index (χ1) is 11.9.